The van der Waals surface area contributed by atoms with Gasteiger partial charge in [0.2, 0.25) is 0 Å². The van der Waals surface area contributed by atoms with E-state index in [1.54, 1.807) is 0 Å². The van der Waals surface area contributed by atoms with E-state index in [1.165, 1.54) is 38.5 Å². The van der Waals surface area contributed by atoms with Crippen LogP contribution in [0.15, 0.2) is 0 Å². The Balaban J connectivity index is 3.63. The molecule has 0 bridgehead atoms. The normalized spacial score (nSPS) is 10.4. The minimum atomic E-state index is -1.09. The summed E-state index contributed by atoms with van der Waals surface area (Å²) in [6.07, 6.45) is 11.1. The first-order valence-electron chi connectivity index (χ1n) is 8.29. The number of carbonyl (C=O) groups is 2. The highest BCUT2D eigenvalue weighted by atomic mass is 16.4. The number of aliphatic carboxylic acids is 1. The molecule has 0 aromatic rings. The molecular weight excluding hydrogens is 282 g/mol. The molecule has 22 heavy (non-hydrogen) atoms. The van der Waals surface area contributed by atoms with Gasteiger partial charge in [-0.05, 0) is 6.42 Å². The average Bonchev–Trinajstić information content (AvgIpc) is 2.44. The van der Waals surface area contributed by atoms with Gasteiger partial charge in [0.25, 0.3) is 0 Å². The second-order valence-electron chi connectivity index (χ2n) is 5.75. The largest absolute Gasteiger partial charge is 0.480 e. The lowest BCUT2D eigenvalue weighted by atomic mass is 10.1. The number of nitrogens with two attached hydrogens (primary N) is 1. The maximum Gasteiger partial charge on any atom is 0.323 e. The van der Waals surface area contributed by atoms with Gasteiger partial charge >= 0.3 is 5.97 Å². The van der Waals surface area contributed by atoms with Crippen LogP contribution in [0.4, 0.5) is 0 Å². The number of carbonyl (C=O) groups excluding carboxylic acids is 1. The molecule has 0 fully saturated rings. The van der Waals surface area contributed by atoms with Gasteiger partial charge in [-0.25, -0.2) is 0 Å². The topological polar surface area (TPSA) is 107 Å². The molecule has 6 nitrogen and oxygen atoms in total. The number of Topliss-reactive ketones (excluding diaryl/α,β-unsaturated/α-hetero) is 1. The van der Waals surface area contributed by atoms with E-state index in [4.69, 9.17) is 16.2 Å². The Morgan fingerprint density at radius 2 is 1.45 bits per heavy atom. The summed E-state index contributed by atoms with van der Waals surface area (Å²) in [7, 11) is 0. The minimum Gasteiger partial charge on any atom is -0.480 e. The van der Waals surface area contributed by atoms with Gasteiger partial charge in [0.15, 0.2) is 11.7 Å². The molecule has 128 valence electrons. The van der Waals surface area contributed by atoms with Crippen molar-refractivity contribution < 1.29 is 14.7 Å². The van der Waals surface area contributed by atoms with Crippen LogP contribution in [0.1, 0.15) is 71.1 Å². The zero-order chi connectivity index (χ0) is 16.8. The summed E-state index contributed by atoms with van der Waals surface area (Å²) >= 11 is 0. The number of nitrogens with one attached hydrogen (secondary N) is 1. The van der Waals surface area contributed by atoms with E-state index in [2.05, 4.69) is 6.92 Å². The number of hydrogen-bond donors (Lipinski definition) is 3. The summed E-state index contributed by atoms with van der Waals surface area (Å²) in [6.45, 7) is 1.72. The molecule has 0 saturated heterocycles. The van der Waals surface area contributed by atoms with E-state index in [1.807, 2.05) is 0 Å². The maximum atomic E-state index is 11.8. The number of carboxylic acid groups (broad SMARTS) is 1. The summed E-state index contributed by atoms with van der Waals surface area (Å²) in [6, 6.07) is 0. The van der Waals surface area contributed by atoms with Crippen LogP contribution >= 0.6 is 0 Å². The maximum absolute atomic E-state index is 11.8. The lowest BCUT2D eigenvalue weighted by molar-refractivity contribution is -0.137. The fraction of sp³-hybridized carbons (Fsp3) is 0.812. The van der Waals surface area contributed by atoms with Crippen molar-refractivity contribution in [3.63, 3.8) is 0 Å². The Bertz CT molecular complexity index is 346. The van der Waals surface area contributed by atoms with Crippen molar-refractivity contribution in [2.24, 2.45) is 5.73 Å². The third-order valence-corrected chi connectivity index (χ3v) is 3.59. The lowest BCUT2D eigenvalue weighted by Crippen LogP contribution is -2.43. The first kappa shape index (κ1) is 20.4. The SMILES string of the molecule is CCCCCCCCCCCC(=O)CN(CC(=O)O)C(=N)N. The second kappa shape index (κ2) is 13.1. The van der Waals surface area contributed by atoms with Crippen LogP contribution in [-0.2, 0) is 9.59 Å². The summed E-state index contributed by atoms with van der Waals surface area (Å²) in [5, 5.41) is 16.0. The van der Waals surface area contributed by atoms with Crippen LogP contribution in [0.2, 0.25) is 0 Å². The molecule has 0 aliphatic carbocycles. The molecule has 0 aromatic carbocycles. The summed E-state index contributed by atoms with van der Waals surface area (Å²) < 4.78 is 0. The van der Waals surface area contributed by atoms with Gasteiger partial charge in [-0.3, -0.25) is 15.0 Å². The minimum absolute atomic E-state index is 0.0561. The van der Waals surface area contributed by atoms with Gasteiger partial charge in [0.1, 0.15) is 6.54 Å². The number of carboxylic acids is 1. The predicted molar refractivity (Wildman–Crippen MR) is 88.0 cm³/mol. The first-order chi connectivity index (χ1) is 10.5. The molecule has 0 unspecified atom stereocenters. The van der Waals surface area contributed by atoms with Gasteiger partial charge in [-0.2, -0.15) is 0 Å². The quantitative estimate of drug-likeness (QED) is 0.260. The summed E-state index contributed by atoms with van der Waals surface area (Å²) in [5.41, 5.74) is 5.27. The molecule has 0 saturated carbocycles. The van der Waals surface area contributed by atoms with Crippen LogP contribution in [-0.4, -0.2) is 40.8 Å². The van der Waals surface area contributed by atoms with Crippen LogP contribution in [0.5, 0.6) is 0 Å². The van der Waals surface area contributed by atoms with Gasteiger partial charge in [0.05, 0.1) is 6.54 Å². The number of guanidine groups is 1. The van der Waals surface area contributed by atoms with E-state index >= 15 is 0 Å². The zero-order valence-electron chi connectivity index (χ0n) is 13.8. The van der Waals surface area contributed by atoms with Gasteiger partial charge in [-0.15, -0.1) is 0 Å². The molecule has 4 N–H and O–H groups in total. The first-order valence-corrected chi connectivity index (χ1v) is 8.29. The fourth-order valence-electron chi connectivity index (χ4n) is 2.31. The highest BCUT2D eigenvalue weighted by Gasteiger charge is 2.14. The zero-order valence-corrected chi connectivity index (χ0v) is 13.8. The monoisotopic (exact) mass is 313 g/mol. The van der Waals surface area contributed by atoms with E-state index in [9.17, 15) is 9.59 Å². The third-order valence-electron chi connectivity index (χ3n) is 3.59. The van der Waals surface area contributed by atoms with Crippen LogP contribution < -0.4 is 5.73 Å². The van der Waals surface area contributed by atoms with E-state index in [0.717, 1.165) is 24.2 Å². The molecule has 0 aliphatic heterocycles. The molecule has 6 heteroatoms. The number of nitrogens with zero attached hydrogens (tertiary/aromatic N) is 1. The van der Waals surface area contributed by atoms with Gasteiger partial charge < -0.3 is 15.7 Å². The van der Waals surface area contributed by atoms with Crippen LogP contribution in [0, 0.1) is 5.41 Å². The van der Waals surface area contributed by atoms with Crippen molar-refractivity contribution in [1.82, 2.24) is 4.90 Å². The molecule has 0 aliphatic rings. The van der Waals surface area contributed by atoms with E-state index in [0.29, 0.717) is 6.42 Å². The van der Waals surface area contributed by atoms with Crippen molar-refractivity contribution >= 4 is 17.7 Å². The molecular formula is C16H31N3O3. The summed E-state index contributed by atoms with van der Waals surface area (Å²) in [4.78, 5) is 23.5. The van der Waals surface area contributed by atoms with Crippen molar-refractivity contribution in [2.45, 2.75) is 71.1 Å². The summed E-state index contributed by atoms with van der Waals surface area (Å²) in [5.74, 6) is -1.52. The smallest absolute Gasteiger partial charge is 0.323 e. The third kappa shape index (κ3) is 12.2. The number of hydrogen-bond acceptors (Lipinski definition) is 3. The highest BCUT2D eigenvalue weighted by molar-refractivity contribution is 5.87. The average molecular weight is 313 g/mol. The Morgan fingerprint density at radius 3 is 1.91 bits per heavy atom. The Hall–Kier alpha value is -1.59. The molecule has 0 aromatic heterocycles. The molecule has 0 rings (SSSR count). The fourth-order valence-corrected chi connectivity index (χ4v) is 2.31. The van der Waals surface area contributed by atoms with Crippen molar-refractivity contribution in [1.29, 1.82) is 5.41 Å². The molecule has 0 amide bonds. The Morgan fingerprint density at radius 1 is 0.955 bits per heavy atom. The predicted octanol–water partition coefficient (Wildman–Crippen LogP) is 2.76. The Kier molecular flexibility index (Phi) is 12.2. The van der Waals surface area contributed by atoms with Crippen molar-refractivity contribution in [3.05, 3.63) is 0 Å². The number of ketones is 1. The van der Waals surface area contributed by atoms with E-state index < -0.39 is 12.5 Å². The number of rotatable bonds is 14. The van der Waals surface area contributed by atoms with Crippen molar-refractivity contribution in [2.75, 3.05) is 13.1 Å². The van der Waals surface area contributed by atoms with Gasteiger partial charge in [-0.1, -0.05) is 58.3 Å². The highest BCUT2D eigenvalue weighted by Crippen LogP contribution is 2.10. The second-order valence-corrected chi connectivity index (χ2v) is 5.75. The van der Waals surface area contributed by atoms with Gasteiger partial charge in [0, 0.05) is 6.42 Å². The van der Waals surface area contributed by atoms with Crippen LogP contribution in [0.25, 0.3) is 0 Å². The molecule has 0 heterocycles. The molecule has 0 radical (unpaired) electrons. The Labute approximate surface area is 133 Å². The molecule has 0 atom stereocenters. The number of unbranched alkanes of at least 4 members (excludes halogenated alkanes) is 8. The lowest BCUT2D eigenvalue weighted by Gasteiger charge is -2.19. The van der Waals surface area contributed by atoms with Crippen molar-refractivity contribution in [3.8, 4) is 0 Å². The molecule has 0 spiro atoms. The standard InChI is InChI=1S/C16H31N3O3/c1-2-3-4-5-6-7-8-9-10-11-14(20)12-19(16(17)18)13-15(21)22/h2-13H2,1H3,(H3,17,18)(H,21,22). The van der Waals surface area contributed by atoms with Crippen LogP contribution in [0.3, 0.4) is 0 Å². The van der Waals surface area contributed by atoms with E-state index in [-0.39, 0.29) is 18.3 Å².